The van der Waals surface area contributed by atoms with E-state index in [9.17, 15) is 0 Å². The van der Waals surface area contributed by atoms with Crippen LogP contribution >= 0.6 is 0 Å². The zero-order valence-electron chi connectivity index (χ0n) is 13.9. The fraction of sp³-hybridized carbons (Fsp3) is 0.312. The van der Waals surface area contributed by atoms with Crippen LogP contribution in [0.2, 0.25) is 0 Å². The van der Waals surface area contributed by atoms with Crippen LogP contribution in [0.15, 0.2) is 34.9 Å². The van der Waals surface area contributed by atoms with Gasteiger partial charge in [-0.15, -0.1) is 10.2 Å². The maximum absolute atomic E-state index is 5.33. The van der Waals surface area contributed by atoms with Crippen LogP contribution in [0.1, 0.15) is 20.8 Å². The van der Waals surface area contributed by atoms with E-state index in [4.69, 9.17) is 4.52 Å². The van der Waals surface area contributed by atoms with E-state index < -0.39 is 0 Å². The van der Waals surface area contributed by atoms with Gasteiger partial charge in [0.2, 0.25) is 5.82 Å². The average Bonchev–Trinajstić information content (AvgIpc) is 3.24. The number of para-hydroxylation sites is 1. The third-order valence-electron chi connectivity index (χ3n) is 3.81. The summed E-state index contributed by atoms with van der Waals surface area (Å²) in [5.41, 5.74) is 1.72. The van der Waals surface area contributed by atoms with E-state index in [2.05, 4.69) is 37.7 Å². The van der Waals surface area contributed by atoms with Gasteiger partial charge in [-0.05, 0) is 38.1 Å². The molecule has 0 unspecified atom stereocenters. The second kappa shape index (κ2) is 4.98. The lowest BCUT2D eigenvalue weighted by molar-refractivity contribution is 0.306. The molecule has 24 heavy (non-hydrogen) atoms. The van der Waals surface area contributed by atoms with Crippen molar-refractivity contribution in [1.29, 1.82) is 0 Å². The number of hydrogen-bond acceptors (Lipinski definition) is 6. The van der Waals surface area contributed by atoms with Gasteiger partial charge >= 0.3 is 0 Å². The topological polar surface area (TPSA) is 87.5 Å². The largest absolute Gasteiger partial charge is 0.341 e. The maximum Gasteiger partial charge on any atom is 0.299 e. The lowest BCUT2D eigenvalue weighted by Gasteiger charge is -2.14. The number of aryl methyl sites for hydroxylation is 1. The Balaban J connectivity index is 1.74. The molecule has 8 heteroatoms. The molecule has 0 amide bonds. The molecule has 8 nitrogen and oxygen atoms in total. The molecule has 0 spiro atoms. The minimum Gasteiger partial charge on any atom is -0.341 e. The third-order valence-corrected chi connectivity index (χ3v) is 3.81. The van der Waals surface area contributed by atoms with Crippen LogP contribution < -0.4 is 0 Å². The van der Waals surface area contributed by atoms with Crippen molar-refractivity contribution in [3.63, 3.8) is 0 Å². The number of nitrogens with zero attached hydrogens (tertiary/aromatic N) is 7. The van der Waals surface area contributed by atoms with Gasteiger partial charge in [0.05, 0.1) is 11.2 Å². The standard InChI is InChI=1S/C16H17N7O/c1-16(2,3)23-19-14(18-21-23)15-17-13(20-24-15)12-9-10-7-5-6-8-11(10)22(12)4/h5-9H,1-4H3. The molecule has 4 aromatic rings. The van der Waals surface area contributed by atoms with Crippen LogP contribution in [0.25, 0.3) is 34.1 Å². The highest BCUT2D eigenvalue weighted by molar-refractivity contribution is 5.85. The second-order valence-corrected chi connectivity index (χ2v) is 6.64. The molecule has 0 aliphatic heterocycles. The molecule has 3 heterocycles. The number of tetrazole rings is 1. The lowest BCUT2D eigenvalue weighted by Crippen LogP contribution is -2.24. The van der Waals surface area contributed by atoms with Gasteiger partial charge < -0.3 is 9.09 Å². The minimum atomic E-state index is -0.260. The molecule has 0 atom stereocenters. The third kappa shape index (κ3) is 2.27. The fourth-order valence-electron chi connectivity index (χ4n) is 2.51. The predicted molar refractivity (Wildman–Crippen MR) is 88.0 cm³/mol. The number of hydrogen-bond donors (Lipinski definition) is 0. The number of fused-ring (bicyclic) bond motifs is 1. The van der Waals surface area contributed by atoms with Crippen LogP contribution in [-0.2, 0) is 12.6 Å². The Kier molecular flexibility index (Phi) is 3.02. The van der Waals surface area contributed by atoms with E-state index in [-0.39, 0.29) is 11.4 Å². The monoisotopic (exact) mass is 323 g/mol. The molecule has 122 valence electrons. The summed E-state index contributed by atoms with van der Waals surface area (Å²) in [5.74, 6) is 1.07. The van der Waals surface area contributed by atoms with Crippen molar-refractivity contribution in [2.24, 2.45) is 7.05 Å². The van der Waals surface area contributed by atoms with E-state index >= 15 is 0 Å². The first-order chi connectivity index (χ1) is 11.4. The van der Waals surface area contributed by atoms with Gasteiger partial charge in [0.25, 0.3) is 11.7 Å². The van der Waals surface area contributed by atoms with E-state index in [1.807, 2.05) is 50.6 Å². The van der Waals surface area contributed by atoms with Gasteiger partial charge in [-0.3, -0.25) is 0 Å². The van der Waals surface area contributed by atoms with Crippen molar-refractivity contribution in [3.05, 3.63) is 30.3 Å². The molecule has 0 aliphatic carbocycles. The highest BCUT2D eigenvalue weighted by atomic mass is 16.5. The van der Waals surface area contributed by atoms with Gasteiger partial charge in [-0.1, -0.05) is 23.4 Å². The highest BCUT2D eigenvalue weighted by Crippen LogP contribution is 2.26. The van der Waals surface area contributed by atoms with Crippen LogP contribution in [0.5, 0.6) is 0 Å². The van der Waals surface area contributed by atoms with Crippen molar-refractivity contribution in [1.82, 2.24) is 34.9 Å². The molecule has 0 aliphatic rings. The van der Waals surface area contributed by atoms with Crippen molar-refractivity contribution >= 4 is 10.9 Å². The summed E-state index contributed by atoms with van der Waals surface area (Å²) >= 11 is 0. The maximum atomic E-state index is 5.33. The number of rotatable bonds is 2. The normalized spacial score (nSPS) is 12.2. The lowest BCUT2D eigenvalue weighted by atomic mass is 10.1. The summed E-state index contributed by atoms with van der Waals surface area (Å²) in [7, 11) is 1.97. The number of benzene rings is 1. The first kappa shape index (κ1) is 14.6. The fourth-order valence-corrected chi connectivity index (χ4v) is 2.51. The summed E-state index contributed by atoms with van der Waals surface area (Å²) in [6.07, 6.45) is 0. The number of aromatic nitrogens is 7. The Hall–Kier alpha value is -3.03. The van der Waals surface area contributed by atoms with Crippen LogP contribution in [0, 0.1) is 0 Å². The van der Waals surface area contributed by atoms with Gasteiger partial charge in [0.1, 0.15) is 0 Å². The van der Waals surface area contributed by atoms with Gasteiger partial charge in [-0.25, -0.2) is 0 Å². The van der Waals surface area contributed by atoms with Crippen LogP contribution in [0.4, 0.5) is 0 Å². The first-order valence-corrected chi connectivity index (χ1v) is 7.63. The van der Waals surface area contributed by atoms with Crippen molar-refractivity contribution in [3.8, 4) is 23.2 Å². The Morgan fingerprint density at radius 3 is 2.58 bits per heavy atom. The van der Waals surface area contributed by atoms with Crippen LogP contribution in [0.3, 0.4) is 0 Å². The zero-order valence-corrected chi connectivity index (χ0v) is 13.9. The van der Waals surface area contributed by atoms with E-state index in [1.165, 1.54) is 4.80 Å². The van der Waals surface area contributed by atoms with Gasteiger partial charge in [0, 0.05) is 18.0 Å². The molecule has 3 aromatic heterocycles. The predicted octanol–water partition coefficient (Wildman–Crippen LogP) is 2.64. The average molecular weight is 323 g/mol. The van der Waals surface area contributed by atoms with Crippen molar-refractivity contribution < 1.29 is 4.52 Å². The van der Waals surface area contributed by atoms with Crippen LogP contribution in [-0.4, -0.2) is 34.9 Å². The zero-order chi connectivity index (χ0) is 16.9. The Morgan fingerprint density at radius 2 is 1.88 bits per heavy atom. The molecule has 0 fully saturated rings. The molecule has 1 aromatic carbocycles. The van der Waals surface area contributed by atoms with Gasteiger partial charge in [-0.2, -0.15) is 9.78 Å². The Morgan fingerprint density at radius 1 is 1.08 bits per heavy atom. The smallest absolute Gasteiger partial charge is 0.299 e. The summed E-state index contributed by atoms with van der Waals surface area (Å²) in [4.78, 5) is 5.96. The summed E-state index contributed by atoms with van der Waals surface area (Å²) < 4.78 is 7.36. The van der Waals surface area contributed by atoms with Crippen molar-refractivity contribution in [2.75, 3.05) is 0 Å². The summed E-state index contributed by atoms with van der Waals surface area (Å²) in [6.45, 7) is 5.98. The molecule has 0 radical (unpaired) electrons. The SMILES string of the molecule is Cn1c(-c2noc(-c3nnn(C(C)(C)C)n3)n2)cc2ccccc21. The molecular weight excluding hydrogens is 306 g/mol. The molecule has 0 N–H and O–H groups in total. The molecule has 0 saturated heterocycles. The molecule has 0 bridgehead atoms. The molecular formula is C16H17N7O. The van der Waals surface area contributed by atoms with Crippen molar-refractivity contribution in [2.45, 2.75) is 26.3 Å². The van der Waals surface area contributed by atoms with E-state index in [0.717, 1.165) is 16.6 Å². The summed E-state index contributed by atoms with van der Waals surface area (Å²) in [6, 6.07) is 10.1. The molecule has 0 saturated carbocycles. The molecule has 4 rings (SSSR count). The quantitative estimate of drug-likeness (QED) is 0.563. The Bertz CT molecular complexity index is 1020. The van der Waals surface area contributed by atoms with Gasteiger partial charge in [0.15, 0.2) is 0 Å². The van der Waals surface area contributed by atoms with E-state index in [0.29, 0.717) is 11.6 Å². The first-order valence-electron chi connectivity index (χ1n) is 7.63. The second-order valence-electron chi connectivity index (χ2n) is 6.64. The highest BCUT2D eigenvalue weighted by Gasteiger charge is 2.22. The van der Waals surface area contributed by atoms with E-state index in [1.54, 1.807) is 0 Å². The summed E-state index contributed by atoms with van der Waals surface area (Å²) in [5, 5.41) is 17.5. The Labute approximate surface area is 138 Å². The minimum absolute atomic E-state index is 0.255.